The summed E-state index contributed by atoms with van der Waals surface area (Å²) in [5.74, 6) is -2.99. The van der Waals surface area contributed by atoms with E-state index in [1.54, 1.807) is 24.3 Å². The number of ketones is 1. The first-order valence-corrected chi connectivity index (χ1v) is 10.8. The molecule has 6 heteroatoms. The Morgan fingerprint density at radius 3 is 2.21 bits per heavy atom. The number of anilines is 1. The highest BCUT2D eigenvalue weighted by Crippen LogP contribution is 2.53. The lowest BCUT2D eigenvalue weighted by atomic mass is 9.83. The zero-order valence-electron chi connectivity index (χ0n) is 17.5. The molecule has 3 heterocycles. The summed E-state index contributed by atoms with van der Waals surface area (Å²) in [5, 5.41) is 0. The molecule has 162 valence electrons. The van der Waals surface area contributed by atoms with Gasteiger partial charge in [-0.3, -0.25) is 14.4 Å². The van der Waals surface area contributed by atoms with Crippen LogP contribution in [0.2, 0.25) is 0 Å². The molecule has 0 aromatic heterocycles. The van der Waals surface area contributed by atoms with Crippen LogP contribution in [-0.2, 0) is 9.59 Å². The summed E-state index contributed by atoms with van der Waals surface area (Å²) in [6.45, 7) is 0. The number of Topliss-reactive ketones (excluding diaryl/α,β-unsaturated/α-hetero) is 1. The van der Waals surface area contributed by atoms with Crippen molar-refractivity contribution in [2.24, 2.45) is 11.8 Å². The molecule has 4 atom stereocenters. The van der Waals surface area contributed by atoms with E-state index in [-0.39, 0.29) is 11.7 Å². The Morgan fingerprint density at radius 2 is 1.45 bits per heavy atom. The fourth-order valence-electron chi connectivity index (χ4n) is 5.47. The summed E-state index contributed by atoms with van der Waals surface area (Å²) in [5.41, 5.74) is 2.69. The van der Waals surface area contributed by atoms with Crippen molar-refractivity contribution < 1.29 is 18.8 Å². The molecule has 3 aromatic rings. The summed E-state index contributed by atoms with van der Waals surface area (Å²) in [6.07, 6.45) is 3.75. The second-order valence-corrected chi connectivity index (χ2v) is 8.55. The molecule has 5 nitrogen and oxygen atoms in total. The number of carbonyl (C=O) groups is 3. The SMILES string of the molecule is O=C(c1ccccc1)[C@@H]1[C@@H]2C(=O)N(c3ccc(F)cc3)C(=O)[C@@H]2[C@H]2c3ccccc3C=CN12. The monoisotopic (exact) mass is 438 g/mol. The summed E-state index contributed by atoms with van der Waals surface area (Å²) in [7, 11) is 0. The molecule has 3 aliphatic rings. The van der Waals surface area contributed by atoms with E-state index in [9.17, 15) is 18.8 Å². The molecule has 0 bridgehead atoms. The van der Waals surface area contributed by atoms with Crippen molar-refractivity contribution >= 4 is 29.4 Å². The number of nitrogens with zero attached hydrogens (tertiary/aromatic N) is 2. The van der Waals surface area contributed by atoms with Gasteiger partial charge in [-0.2, -0.15) is 0 Å². The van der Waals surface area contributed by atoms with Gasteiger partial charge in [0.2, 0.25) is 11.8 Å². The van der Waals surface area contributed by atoms with E-state index in [2.05, 4.69) is 0 Å². The van der Waals surface area contributed by atoms with E-state index < -0.39 is 35.6 Å². The molecular weight excluding hydrogens is 419 g/mol. The number of halogens is 1. The van der Waals surface area contributed by atoms with Gasteiger partial charge in [0.15, 0.2) is 5.78 Å². The fraction of sp³-hybridized carbons (Fsp3) is 0.148. The lowest BCUT2D eigenvalue weighted by Crippen LogP contribution is -2.44. The second-order valence-electron chi connectivity index (χ2n) is 8.55. The molecule has 0 aliphatic carbocycles. The van der Waals surface area contributed by atoms with Gasteiger partial charge >= 0.3 is 0 Å². The third-order valence-corrected chi connectivity index (χ3v) is 6.87. The van der Waals surface area contributed by atoms with E-state index in [0.717, 1.165) is 16.0 Å². The Labute approximate surface area is 189 Å². The smallest absolute Gasteiger partial charge is 0.240 e. The van der Waals surface area contributed by atoms with E-state index >= 15 is 0 Å². The number of imide groups is 1. The molecule has 0 spiro atoms. The average Bonchev–Trinajstić information content (AvgIpc) is 3.32. The van der Waals surface area contributed by atoms with Crippen LogP contribution in [0.1, 0.15) is 27.5 Å². The van der Waals surface area contributed by atoms with Gasteiger partial charge in [-0.15, -0.1) is 0 Å². The van der Waals surface area contributed by atoms with Crippen LogP contribution in [0.4, 0.5) is 10.1 Å². The second kappa shape index (κ2) is 7.24. The maximum atomic E-state index is 13.7. The molecule has 0 saturated carbocycles. The standard InChI is InChI=1S/C27H19FN2O3/c28-18-10-12-19(13-11-18)30-26(32)21-22(27(30)33)24(25(31)17-7-2-1-3-8-17)29-15-14-16-6-4-5-9-20(16)23(21)29/h1-15,21-24H/t21-,22+,23+,24-/m0/s1. The van der Waals surface area contributed by atoms with Gasteiger partial charge in [0.1, 0.15) is 11.9 Å². The van der Waals surface area contributed by atoms with Crippen LogP contribution in [0, 0.1) is 17.7 Å². The Hall–Kier alpha value is -4.06. The van der Waals surface area contributed by atoms with Crippen LogP contribution >= 0.6 is 0 Å². The highest BCUT2D eigenvalue weighted by atomic mass is 19.1. The zero-order chi connectivity index (χ0) is 22.7. The van der Waals surface area contributed by atoms with E-state index in [1.807, 2.05) is 47.5 Å². The van der Waals surface area contributed by atoms with Crippen molar-refractivity contribution in [2.75, 3.05) is 4.90 Å². The van der Waals surface area contributed by atoms with Gasteiger partial charge in [-0.25, -0.2) is 9.29 Å². The molecule has 3 aliphatic heterocycles. The normalized spacial score (nSPS) is 25.1. The topological polar surface area (TPSA) is 57.7 Å². The van der Waals surface area contributed by atoms with E-state index in [0.29, 0.717) is 11.3 Å². The highest BCUT2D eigenvalue weighted by Gasteiger charge is 2.64. The minimum absolute atomic E-state index is 0.195. The molecule has 0 unspecified atom stereocenters. The molecule has 3 aromatic carbocycles. The van der Waals surface area contributed by atoms with Crippen molar-refractivity contribution in [3.8, 4) is 0 Å². The van der Waals surface area contributed by atoms with Gasteiger partial charge in [-0.05, 0) is 41.5 Å². The molecule has 2 saturated heterocycles. The van der Waals surface area contributed by atoms with Gasteiger partial charge in [-0.1, -0.05) is 54.6 Å². The lowest BCUT2D eigenvalue weighted by molar-refractivity contribution is -0.123. The van der Waals surface area contributed by atoms with Gasteiger partial charge in [0, 0.05) is 11.8 Å². The predicted molar refractivity (Wildman–Crippen MR) is 120 cm³/mol. The lowest BCUT2D eigenvalue weighted by Gasteiger charge is -2.35. The van der Waals surface area contributed by atoms with Gasteiger partial charge in [0.05, 0.1) is 23.6 Å². The Bertz CT molecular complexity index is 1320. The zero-order valence-corrected chi connectivity index (χ0v) is 17.5. The maximum absolute atomic E-state index is 13.7. The van der Waals surface area contributed by atoms with Crippen LogP contribution in [0.25, 0.3) is 6.08 Å². The van der Waals surface area contributed by atoms with Crippen molar-refractivity contribution in [1.82, 2.24) is 4.90 Å². The Balaban J connectivity index is 1.50. The number of benzene rings is 3. The Morgan fingerprint density at radius 1 is 0.788 bits per heavy atom. The summed E-state index contributed by atoms with van der Waals surface area (Å²) < 4.78 is 13.5. The minimum atomic E-state index is -0.837. The van der Waals surface area contributed by atoms with Crippen LogP contribution in [0.5, 0.6) is 0 Å². The summed E-state index contributed by atoms with van der Waals surface area (Å²) >= 11 is 0. The van der Waals surface area contributed by atoms with Crippen LogP contribution in [-0.4, -0.2) is 28.5 Å². The molecule has 0 N–H and O–H groups in total. The summed E-state index contributed by atoms with van der Waals surface area (Å²) in [4.78, 5) is 44.1. The van der Waals surface area contributed by atoms with E-state index in [4.69, 9.17) is 0 Å². The average molecular weight is 438 g/mol. The number of carbonyl (C=O) groups excluding carboxylic acids is 3. The van der Waals surface area contributed by atoms with Crippen LogP contribution < -0.4 is 4.90 Å². The molecule has 6 rings (SSSR count). The number of hydrogen-bond donors (Lipinski definition) is 0. The quantitative estimate of drug-likeness (QED) is 0.454. The molecule has 2 fully saturated rings. The van der Waals surface area contributed by atoms with Crippen molar-refractivity contribution in [1.29, 1.82) is 0 Å². The largest absolute Gasteiger partial charge is 0.358 e. The molecular formula is C27H19FN2O3. The van der Waals surface area contributed by atoms with Gasteiger partial charge < -0.3 is 4.90 Å². The van der Waals surface area contributed by atoms with Crippen molar-refractivity contribution in [3.63, 3.8) is 0 Å². The van der Waals surface area contributed by atoms with Crippen LogP contribution in [0.15, 0.2) is 85.1 Å². The third kappa shape index (κ3) is 2.80. The fourth-order valence-corrected chi connectivity index (χ4v) is 5.47. The molecule has 33 heavy (non-hydrogen) atoms. The first-order valence-electron chi connectivity index (χ1n) is 10.8. The first-order chi connectivity index (χ1) is 16.1. The third-order valence-electron chi connectivity index (χ3n) is 6.87. The molecule has 2 amide bonds. The predicted octanol–water partition coefficient (Wildman–Crippen LogP) is 4.22. The highest BCUT2D eigenvalue weighted by molar-refractivity contribution is 6.24. The van der Waals surface area contributed by atoms with Crippen molar-refractivity contribution in [2.45, 2.75) is 12.1 Å². The number of fused-ring (bicyclic) bond motifs is 5. The number of hydrogen-bond acceptors (Lipinski definition) is 4. The molecule has 0 radical (unpaired) electrons. The van der Waals surface area contributed by atoms with Gasteiger partial charge in [0.25, 0.3) is 0 Å². The van der Waals surface area contributed by atoms with Crippen LogP contribution in [0.3, 0.4) is 0 Å². The number of rotatable bonds is 3. The summed E-state index contributed by atoms with van der Waals surface area (Å²) in [6, 6.07) is 20.6. The number of amides is 2. The first kappa shape index (κ1) is 19.6. The van der Waals surface area contributed by atoms with Crippen molar-refractivity contribution in [3.05, 3.63) is 108 Å². The maximum Gasteiger partial charge on any atom is 0.240 e. The minimum Gasteiger partial charge on any atom is -0.358 e. The van der Waals surface area contributed by atoms with E-state index in [1.165, 1.54) is 24.3 Å². The Kier molecular flexibility index (Phi) is 4.30.